The van der Waals surface area contributed by atoms with Crippen molar-refractivity contribution in [3.8, 4) is 21.7 Å². The molecule has 0 fully saturated rings. The molecule has 1 heterocycles. The number of amides is 3. The summed E-state index contributed by atoms with van der Waals surface area (Å²) < 4.78 is 41.6. The van der Waals surface area contributed by atoms with Gasteiger partial charge in [-0.05, 0) is 114 Å². The van der Waals surface area contributed by atoms with Crippen LogP contribution in [0.25, 0.3) is 31.9 Å². The van der Waals surface area contributed by atoms with Gasteiger partial charge in [0.05, 0.1) is 15.1 Å². The molecule has 0 saturated carbocycles. The summed E-state index contributed by atoms with van der Waals surface area (Å²) in [6, 6.07) is 39.2. The van der Waals surface area contributed by atoms with E-state index >= 15 is 0 Å². The third-order valence-electron chi connectivity index (χ3n) is 9.49. The Balaban J connectivity index is 0.835. The molecule has 56 heavy (non-hydrogen) atoms. The molecule has 8 rings (SSSR count). The Kier molecular flexibility index (Phi) is 9.64. The number of thiazole rings is 1. The molecule has 1 aliphatic carbocycles. The molecule has 0 spiro atoms. The molecule has 0 bridgehead atoms. The molecule has 0 saturated heterocycles. The maximum absolute atomic E-state index is 13.0. The first-order valence-electron chi connectivity index (χ1n) is 17.4. The van der Waals surface area contributed by atoms with E-state index in [0.29, 0.717) is 54.5 Å². The van der Waals surface area contributed by atoms with Gasteiger partial charge in [-0.25, -0.2) is 18.2 Å². The van der Waals surface area contributed by atoms with Crippen molar-refractivity contribution < 1.29 is 32.1 Å². The van der Waals surface area contributed by atoms with Crippen molar-refractivity contribution in [1.29, 1.82) is 0 Å². The number of aryl methyl sites for hydroxylation is 1. The van der Waals surface area contributed by atoms with Gasteiger partial charge in [0.1, 0.15) is 21.7 Å². The Morgan fingerprint density at radius 1 is 0.679 bits per heavy atom. The number of fused-ring (bicyclic) bond motifs is 4. The molecule has 3 N–H and O–H groups in total. The summed E-state index contributed by atoms with van der Waals surface area (Å²) >= 11 is 1.12. The van der Waals surface area contributed by atoms with Gasteiger partial charge in [-0.2, -0.15) is 0 Å². The van der Waals surface area contributed by atoms with Crippen molar-refractivity contribution in [2.45, 2.75) is 17.7 Å². The molecule has 0 aliphatic heterocycles. The molecule has 3 amide bonds. The molecular formula is C43H31N4O7S2-. The van der Waals surface area contributed by atoms with E-state index < -0.39 is 16.2 Å². The second kappa shape index (κ2) is 14.9. The summed E-state index contributed by atoms with van der Waals surface area (Å²) in [4.78, 5) is 42.9. The van der Waals surface area contributed by atoms with E-state index in [-0.39, 0.29) is 29.2 Å². The average molecular weight is 780 g/mol. The van der Waals surface area contributed by atoms with Crippen molar-refractivity contribution in [2.24, 2.45) is 0 Å². The van der Waals surface area contributed by atoms with Crippen molar-refractivity contribution in [2.75, 3.05) is 22.6 Å². The molecule has 1 aliphatic rings. The number of aromatic nitrogens is 1. The maximum atomic E-state index is 13.0. The first kappa shape index (κ1) is 36.3. The molecule has 1 aromatic heterocycles. The van der Waals surface area contributed by atoms with Crippen molar-refractivity contribution >= 4 is 66.6 Å². The Morgan fingerprint density at radius 3 is 1.71 bits per heavy atom. The number of nitrogens with zero attached hydrogens (tertiary/aromatic N) is 1. The van der Waals surface area contributed by atoms with Crippen LogP contribution < -0.4 is 16.0 Å². The highest BCUT2D eigenvalue weighted by Crippen LogP contribution is 2.44. The number of nitrogens with one attached hydrogen (secondary N) is 3. The minimum absolute atomic E-state index is 0.0582. The molecule has 13 heteroatoms. The topological polar surface area (TPSA) is 167 Å². The lowest BCUT2D eigenvalue weighted by molar-refractivity contribution is 0.102. The van der Waals surface area contributed by atoms with Crippen LogP contribution in [0.5, 0.6) is 0 Å². The van der Waals surface area contributed by atoms with Crippen LogP contribution in [-0.2, 0) is 14.9 Å². The molecule has 7 aromatic rings. The van der Waals surface area contributed by atoms with E-state index in [9.17, 15) is 27.4 Å². The van der Waals surface area contributed by atoms with Gasteiger partial charge in [-0.3, -0.25) is 14.9 Å². The van der Waals surface area contributed by atoms with Gasteiger partial charge in [-0.15, -0.1) is 11.3 Å². The number of anilines is 3. The summed E-state index contributed by atoms with van der Waals surface area (Å²) in [5.41, 5.74) is 8.22. The largest absolute Gasteiger partial charge is 0.744 e. The summed E-state index contributed by atoms with van der Waals surface area (Å²) in [7, 11) is -4.68. The number of rotatable bonds is 9. The number of ether oxygens (including phenoxy) is 1. The molecule has 11 nitrogen and oxygen atoms in total. The van der Waals surface area contributed by atoms with E-state index in [2.05, 4.69) is 45.2 Å². The molecule has 0 unspecified atom stereocenters. The average Bonchev–Trinajstić information content (AvgIpc) is 3.76. The zero-order chi connectivity index (χ0) is 39.0. The Bertz CT molecular complexity index is 2720. The van der Waals surface area contributed by atoms with Crippen LogP contribution in [-0.4, -0.2) is 42.5 Å². The zero-order valence-electron chi connectivity index (χ0n) is 29.6. The Hall–Kier alpha value is -6.67. The fourth-order valence-corrected chi connectivity index (χ4v) is 9.05. The van der Waals surface area contributed by atoms with Crippen LogP contribution in [0.4, 0.5) is 21.9 Å². The second-order valence-electron chi connectivity index (χ2n) is 13.1. The first-order valence-corrected chi connectivity index (χ1v) is 19.7. The van der Waals surface area contributed by atoms with Crippen molar-refractivity contribution in [3.63, 3.8) is 0 Å². The number of benzene rings is 6. The lowest BCUT2D eigenvalue weighted by Crippen LogP contribution is -2.18. The van der Waals surface area contributed by atoms with Gasteiger partial charge < -0.3 is 19.9 Å². The van der Waals surface area contributed by atoms with E-state index in [1.54, 1.807) is 91.9 Å². The van der Waals surface area contributed by atoms with Gasteiger partial charge in [-0.1, -0.05) is 54.6 Å². The summed E-state index contributed by atoms with van der Waals surface area (Å²) in [6.45, 7) is 1.76. The summed E-state index contributed by atoms with van der Waals surface area (Å²) in [5, 5.41) is 8.90. The standard InChI is InChI=1S/C43H32N4O7S2/c1-25-10-23-37-38(39(25)56(51,52)53)55-42(47-37)28-15-21-30(22-16-28)45-40(48)26-11-17-29(18-12-26)44-41(49)27-13-19-31(20-14-27)46-43(50)54-24-36-34-8-4-2-6-32(34)33-7-3-5-9-35(33)36/h2-23,36H,24H2,1H3,(H,44,49)(H,45,48)(H,46,50)(H,51,52,53)/p-1. The smallest absolute Gasteiger partial charge is 0.411 e. The number of carbonyl (C=O) groups excluding carboxylic acids is 3. The normalized spacial score (nSPS) is 12.1. The van der Waals surface area contributed by atoms with Crippen LogP contribution in [0.2, 0.25) is 0 Å². The van der Waals surface area contributed by atoms with Gasteiger partial charge >= 0.3 is 6.09 Å². The Morgan fingerprint density at radius 2 is 1.18 bits per heavy atom. The predicted molar refractivity (Wildman–Crippen MR) is 215 cm³/mol. The van der Waals surface area contributed by atoms with Crippen LogP contribution in [0.3, 0.4) is 0 Å². The van der Waals surface area contributed by atoms with Gasteiger partial charge in [0.15, 0.2) is 0 Å². The number of hydrogen-bond acceptors (Lipinski definition) is 9. The van der Waals surface area contributed by atoms with Crippen LogP contribution in [0.1, 0.15) is 43.3 Å². The fourth-order valence-electron chi connectivity index (χ4n) is 6.77. The SMILES string of the molecule is Cc1ccc2nc(-c3ccc(NC(=O)c4ccc(NC(=O)c5ccc(NC(=O)OCC6c7ccccc7-c7ccccc76)cc5)cc4)cc3)sc2c1S(=O)(=O)[O-]. The van der Waals surface area contributed by atoms with E-state index in [1.807, 2.05) is 24.3 Å². The number of hydrogen-bond donors (Lipinski definition) is 3. The van der Waals surface area contributed by atoms with Crippen LogP contribution >= 0.6 is 11.3 Å². The zero-order valence-corrected chi connectivity index (χ0v) is 31.2. The quantitative estimate of drug-likeness (QED) is 0.122. The molecule has 0 atom stereocenters. The third kappa shape index (κ3) is 7.38. The van der Waals surface area contributed by atoms with E-state index in [4.69, 9.17) is 4.74 Å². The monoisotopic (exact) mass is 779 g/mol. The van der Waals surface area contributed by atoms with Crippen molar-refractivity contribution in [1.82, 2.24) is 4.98 Å². The van der Waals surface area contributed by atoms with Crippen LogP contribution in [0.15, 0.2) is 138 Å². The van der Waals surface area contributed by atoms with Gasteiger partial charge in [0.25, 0.3) is 11.8 Å². The summed E-state index contributed by atoms with van der Waals surface area (Å²) in [5.74, 6) is -0.794. The highest BCUT2D eigenvalue weighted by atomic mass is 32.2. The molecule has 278 valence electrons. The molecule has 6 aromatic carbocycles. The first-order chi connectivity index (χ1) is 27.0. The summed E-state index contributed by atoms with van der Waals surface area (Å²) in [6.07, 6.45) is -0.595. The van der Waals surface area contributed by atoms with Crippen molar-refractivity contribution in [3.05, 3.63) is 161 Å². The highest BCUT2D eigenvalue weighted by Gasteiger charge is 2.29. The van der Waals surface area contributed by atoms with E-state index in [0.717, 1.165) is 33.6 Å². The lowest BCUT2D eigenvalue weighted by Gasteiger charge is -2.14. The minimum atomic E-state index is -4.68. The molecule has 0 radical (unpaired) electrons. The van der Waals surface area contributed by atoms with Crippen LogP contribution in [0, 0.1) is 6.92 Å². The van der Waals surface area contributed by atoms with Gasteiger partial charge in [0, 0.05) is 39.7 Å². The fraction of sp³-hybridized carbons (Fsp3) is 0.0698. The van der Waals surface area contributed by atoms with Gasteiger partial charge in [0.2, 0.25) is 0 Å². The molecular weight excluding hydrogens is 749 g/mol. The maximum Gasteiger partial charge on any atom is 0.411 e. The number of carbonyl (C=O) groups is 3. The highest BCUT2D eigenvalue weighted by molar-refractivity contribution is 7.86. The lowest BCUT2D eigenvalue weighted by atomic mass is 9.98. The predicted octanol–water partition coefficient (Wildman–Crippen LogP) is 9.04. The second-order valence-corrected chi connectivity index (χ2v) is 15.4. The van der Waals surface area contributed by atoms with E-state index in [1.165, 1.54) is 0 Å². The Labute approximate surface area is 325 Å². The third-order valence-corrected chi connectivity index (χ3v) is 11.8. The minimum Gasteiger partial charge on any atom is -0.744 e.